The fourth-order valence-corrected chi connectivity index (χ4v) is 5.76. The second-order valence-electron chi connectivity index (χ2n) is 7.38. The third-order valence-electron chi connectivity index (χ3n) is 5.27. The molecule has 1 aliphatic rings. The molecule has 4 rings (SSSR count). The highest BCUT2D eigenvalue weighted by Crippen LogP contribution is 2.22. The van der Waals surface area contributed by atoms with Crippen molar-refractivity contribution in [2.45, 2.75) is 30.7 Å². The molecular formula is C22H23N3O4S2. The van der Waals surface area contributed by atoms with Crippen LogP contribution in [0.5, 0.6) is 0 Å². The standard InChI is InChI=1S/C22H23N3O4S2/c26-21(18-10-11-19(24-22(18)27)20-5-4-14-30-20)23-15-16-6-8-17(9-7-16)31(28,29)25-12-2-1-3-13-25/h4-11,14H,1-3,12-13,15H2,(H,23,26)(H,24,27). The first-order valence-corrected chi connectivity index (χ1v) is 12.4. The summed E-state index contributed by atoms with van der Waals surface area (Å²) in [6.07, 6.45) is 2.83. The number of H-pyrrole nitrogens is 1. The second-order valence-corrected chi connectivity index (χ2v) is 10.3. The number of piperidine rings is 1. The van der Waals surface area contributed by atoms with Crippen LogP contribution < -0.4 is 10.9 Å². The van der Waals surface area contributed by atoms with Crippen molar-refractivity contribution in [1.82, 2.24) is 14.6 Å². The fraction of sp³-hybridized carbons (Fsp3) is 0.273. The maximum atomic E-state index is 12.7. The van der Waals surface area contributed by atoms with E-state index in [1.165, 1.54) is 21.7 Å². The number of carbonyl (C=O) groups excluding carboxylic acids is 1. The van der Waals surface area contributed by atoms with Gasteiger partial charge in [0.25, 0.3) is 11.5 Å². The van der Waals surface area contributed by atoms with Gasteiger partial charge in [-0.2, -0.15) is 4.31 Å². The third kappa shape index (κ3) is 4.79. The predicted molar refractivity (Wildman–Crippen MR) is 121 cm³/mol. The Morgan fingerprint density at radius 3 is 2.42 bits per heavy atom. The molecule has 31 heavy (non-hydrogen) atoms. The number of thiophene rings is 1. The van der Waals surface area contributed by atoms with Gasteiger partial charge in [0.05, 0.1) is 15.5 Å². The SMILES string of the molecule is O=C(NCc1ccc(S(=O)(=O)N2CCCCC2)cc1)c1ccc(-c2cccs2)[nH]c1=O. The van der Waals surface area contributed by atoms with Gasteiger partial charge in [-0.1, -0.05) is 24.6 Å². The molecule has 0 saturated carbocycles. The largest absolute Gasteiger partial charge is 0.348 e. The summed E-state index contributed by atoms with van der Waals surface area (Å²) in [5, 5.41) is 4.63. The summed E-state index contributed by atoms with van der Waals surface area (Å²) in [6, 6.07) is 13.5. The van der Waals surface area contributed by atoms with Crippen molar-refractivity contribution in [3.8, 4) is 10.6 Å². The number of aromatic amines is 1. The fourth-order valence-electron chi connectivity index (χ4n) is 3.54. The van der Waals surface area contributed by atoms with Crippen molar-refractivity contribution in [2.24, 2.45) is 0 Å². The van der Waals surface area contributed by atoms with E-state index >= 15 is 0 Å². The average molecular weight is 458 g/mol. The molecule has 0 aliphatic carbocycles. The zero-order chi connectivity index (χ0) is 21.8. The van der Waals surface area contributed by atoms with E-state index < -0.39 is 21.5 Å². The normalized spacial score (nSPS) is 15.0. The molecular weight excluding hydrogens is 434 g/mol. The Morgan fingerprint density at radius 2 is 1.77 bits per heavy atom. The smallest absolute Gasteiger partial charge is 0.261 e. The first-order chi connectivity index (χ1) is 14.9. The lowest BCUT2D eigenvalue weighted by atomic mass is 10.2. The number of hydrogen-bond donors (Lipinski definition) is 2. The van der Waals surface area contributed by atoms with Crippen LogP contribution >= 0.6 is 11.3 Å². The molecule has 7 nitrogen and oxygen atoms in total. The molecule has 1 aliphatic heterocycles. The van der Waals surface area contributed by atoms with E-state index in [1.54, 1.807) is 30.3 Å². The number of benzene rings is 1. The molecule has 1 amide bonds. The van der Waals surface area contributed by atoms with E-state index in [0.717, 1.165) is 29.7 Å². The van der Waals surface area contributed by atoms with Gasteiger partial charge < -0.3 is 10.3 Å². The number of nitrogens with zero attached hydrogens (tertiary/aromatic N) is 1. The number of sulfonamides is 1. The lowest BCUT2D eigenvalue weighted by molar-refractivity contribution is 0.0949. The Bertz CT molecular complexity index is 1210. The molecule has 1 fully saturated rings. The molecule has 162 valence electrons. The molecule has 0 unspecified atom stereocenters. The lowest BCUT2D eigenvalue weighted by Gasteiger charge is -2.25. The van der Waals surface area contributed by atoms with Gasteiger partial charge in [0.2, 0.25) is 10.0 Å². The molecule has 1 saturated heterocycles. The van der Waals surface area contributed by atoms with Gasteiger partial charge >= 0.3 is 0 Å². The third-order valence-corrected chi connectivity index (χ3v) is 8.09. The van der Waals surface area contributed by atoms with Crippen LogP contribution in [0.2, 0.25) is 0 Å². The van der Waals surface area contributed by atoms with Gasteiger partial charge in [0.1, 0.15) is 5.56 Å². The summed E-state index contributed by atoms with van der Waals surface area (Å²) in [4.78, 5) is 28.7. The van der Waals surface area contributed by atoms with Crippen molar-refractivity contribution >= 4 is 27.3 Å². The van der Waals surface area contributed by atoms with E-state index in [1.807, 2.05) is 17.5 Å². The van der Waals surface area contributed by atoms with Gasteiger partial charge in [0, 0.05) is 19.6 Å². The monoisotopic (exact) mass is 457 g/mol. The van der Waals surface area contributed by atoms with Crippen LogP contribution in [0, 0.1) is 0 Å². The Morgan fingerprint density at radius 1 is 1.03 bits per heavy atom. The molecule has 2 aromatic heterocycles. The Labute approximate surface area is 184 Å². The van der Waals surface area contributed by atoms with Crippen LogP contribution in [0.1, 0.15) is 35.2 Å². The zero-order valence-electron chi connectivity index (χ0n) is 16.8. The average Bonchev–Trinajstić information content (AvgIpc) is 3.33. The molecule has 0 spiro atoms. The minimum Gasteiger partial charge on any atom is -0.348 e. The van der Waals surface area contributed by atoms with Crippen LogP contribution in [0.25, 0.3) is 10.6 Å². The van der Waals surface area contributed by atoms with Crippen LogP contribution in [-0.4, -0.2) is 36.7 Å². The van der Waals surface area contributed by atoms with Crippen LogP contribution in [0.3, 0.4) is 0 Å². The molecule has 3 heterocycles. The number of rotatable bonds is 6. The summed E-state index contributed by atoms with van der Waals surface area (Å²) in [5.74, 6) is -0.482. The Balaban J connectivity index is 1.40. The number of carbonyl (C=O) groups is 1. The number of pyridine rings is 1. The van der Waals surface area contributed by atoms with Gasteiger partial charge in [-0.25, -0.2) is 8.42 Å². The molecule has 2 N–H and O–H groups in total. The van der Waals surface area contributed by atoms with Crippen LogP contribution in [0.4, 0.5) is 0 Å². The predicted octanol–water partition coefficient (Wildman–Crippen LogP) is 3.21. The second kappa shape index (κ2) is 9.17. The van der Waals surface area contributed by atoms with Gasteiger partial charge in [-0.15, -0.1) is 11.3 Å². The van der Waals surface area contributed by atoms with E-state index in [-0.39, 0.29) is 17.0 Å². The highest BCUT2D eigenvalue weighted by molar-refractivity contribution is 7.89. The number of amides is 1. The van der Waals surface area contributed by atoms with Gasteiger partial charge in [0.15, 0.2) is 0 Å². The molecule has 0 radical (unpaired) electrons. The summed E-state index contributed by atoms with van der Waals surface area (Å²) >= 11 is 1.50. The topological polar surface area (TPSA) is 99.3 Å². The first kappa shape index (κ1) is 21.5. The number of nitrogens with one attached hydrogen (secondary N) is 2. The van der Waals surface area contributed by atoms with E-state index in [4.69, 9.17) is 0 Å². The van der Waals surface area contributed by atoms with Gasteiger partial charge in [-0.3, -0.25) is 9.59 Å². The van der Waals surface area contributed by atoms with Crippen molar-refractivity contribution < 1.29 is 13.2 Å². The molecule has 1 aromatic carbocycles. The highest BCUT2D eigenvalue weighted by Gasteiger charge is 2.25. The van der Waals surface area contributed by atoms with Crippen LogP contribution in [0.15, 0.2) is 63.6 Å². The minimum absolute atomic E-state index is 0.0320. The summed E-state index contributed by atoms with van der Waals surface area (Å²) < 4.78 is 27.0. The first-order valence-electron chi connectivity index (χ1n) is 10.1. The highest BCUT2D eigenvalue weighted by atomic mass is 32.2. The zero-order valence-corrected chi connectivity index (χ0v) is 18.5. The summed E-state index contributed by atoms with van der Waals surface area (Å²) in [6.45, 7) is 1.30. The summed E-state index contributed by atoms with van der Waals surface area (Å²) in [5.41, 5.74) is 0.996. The Kier molecular flexibility index (Phi) is 6.35. The van der Waals surface area contributed by atoms with Crippen molar-refractivity contribution in [2.75, 3.05) is 13.1 Å². The van der Waals surface area contributed by atoms with Crippen molar-refractivity contribution in [1.29, 1.82) is 0 Å². The van der Waals surface area contributed by atoms with Crippen LogP contribution in [-0.2, 0) is 16.6 Å². The van der Waals surface area contributed by atoms with E-state index in [9.17, 15) is 18.0 Å². The van der Waals surface area contributed by atoms with Gasteiger partial charge in [-0.05, 0) is 54.1 Å². The maximum absolute atomic E-state index is 12.7. The molecule has 3 aromatic rings. The van der Waals surface area contributed by atoms with Crippen molar-refractivity contribution in [3.05, 3.63) is 75.4 Å². The number of aromatic nitrogens is 1. The van der Waals surface area contributed by atoms with E-state index in [0.29, 0.717) is 18.8 Å². The molecule has 9 heteroatoms. The summed E-state index contributed by atoms with van der Waals surface area (Å²) in [7, 11) is -3.48. The lowest BCUT2D eigenvalue weighted by Crippen LogP contribution is -2.35. The molecule has 0 bridgehead atoms. The van der Waals surface area contributed by atoms with Crippen molar-refractivity contribution in [3.63, 3.8) is 0 Å². The number of hydrogen-bond acceptors (Lipinski definition) is 5. The maximum Gasteiger partial charge on any atom is 0.261 e. The minimum atomic E-state index is -3.48. The Hall–Kier alpha value is -2.75. The molecule has 0 atom stereocenters. The van der Waals surface area contributed by atoms with E-state index in [2.05, 4.69) is 10.3 Å². The quantitative estimate of drug-likeness (QED) is 0.594.